The average molecular weight is 202 g/mol. The molecule has 1 saturated carbocycles. The summed E-state index contributed by atoms with van der Waals surface area (Å²) in [6, 6.07) is 0. The second kappa shape index (κ2) is 3.72. The van der Waals surface area contributed by atoms with Crippen molar-refractivity contribution in [2.24, 2.45) is 0 Å². The summed E-state index contributed by atoms with van der Waals surface area (Å²) in [5.41, 5.74) is 1.73. The predicted molar refractivity (Wildman–Crippen MR) is 49.4 cm³/mol. The molecule has 1 aliphatic carbocycles. The first-order chi connectivity index (χ1) is 5.86. The van der Waals surface area contributed by atoms with Crippen molar-refractivity contribution in [2.45, 2.75) is 35.0 Å². The molecule has 0 unspecified atom stereocenters. The van der Waals surface area contributed by atoms with Gasteiger partial charge in [0.2, 0.25) is 0 Å². The molecule has 2 rings (SSSR count). The number of aromatic nitrogens is 2. The Morgan fingerprint density at radius 1 is 1.58 bits per heavy atom. The van der Waals surface area contributed by atoms with Crippen LogP contribution in [-0.4, -0.2) is 26.7 Å². The van der Waals surface area contributed by atoms with Crippen molar-refractivity contribution in [2.75, 3.05) is 0 Å². The second-order valence-corrected chi connectivity index (χ2v) is 5.18. The van der Waals surface area contributed by atoms with Crippen LogP contribution in [0.5, 0.6) is 0 Å². The molecule has 3 nitrogen and oxygen atoms in total. The van der Waals surface area contributed by atoms with E-state index in [1.54, 1.807) is 28.6 Å². The summed E-state index contributed by atoms with van der Waals surface area (Å²) in [7, 11) is 0. The molecule has 0 spiro atoms. The minimum atomic E-state index is -0.140. The molecule has 0 bridgehead atoms. The summed E-state index contributed by atoms with van der Waals surface area (Å²) >= 11 is 3.20. The SMILES string of the molecule is O[C@@H]1CCC[C@H]1Sc1nncs1. The molecule has 0 aliphatic heterocycles. The molecular formula is C7H10N2OS2. The molecule has 0 radical (unpaired) electrons. The summed E-state index contributed by atoms with van der Waals surface area (Å²) in [6.07, 6.45) is 3.04. The second-order valence-electron chi connectivity index (χ2n) is 2.86. The first-order valence-corrected chi connectivity index (χ1v) is 5.73. The molecule has 5 heteroatoms. The Labute approximate surface area is 79.2 Å². The first kappa shape index (κ1) is 8.47. The first-order valence-electron chi connectivity index (χ1n) is 3.97. The van der Waals surface area contributed by atoms with Crippen molar-refractivity contribution in [3.63, 3.8) is 0 Å². The quantitative estimate of drug-likeness (QED) is 0.790. The minimum absolute atomic E-state index is 0.140. The van der Waals surface area contributed by atoms with E-state index < -0.39 is 0 Å². The van der Waals surface area contributed by atoms with Crippen LogP contribution < -0.4 is 0 Å². The van der Waals surface area contributed by atoms with Gasteiger partial charge in [-0.2, -0.15) is 0 Å². The van der Waals surface area contributed by atoms with Gasteiger partial charge in [-0.3, -0.25) is 0 Å². The van der Waals surface area contributed by atoms with Gasteiger partial charge in [-0.05, 0) is 19.3 Å². The number of hydrogen-bond acceptors (Lipinski definition) is 5. The van der Waals surface area contributed by atoms with E-state index in [1.165, 1.54) is 0 Å². The van der Waals surface area contributed by atoms with E-state index in [9.17, 15) is 5.11 Å². The normalized spacial score (nSPS) is 29.4. The molecule has 1 aromatic heterocycles. The molecule has 2 atom stereocenters. The molecular weight excluding hydrogens is 192 g/mol. The van der Waals surface area contributed by atoms with E-state index in [0.29, 0.717) is 5.25 Å². The Morgan fingerprint density at radius 2 is 2.50 bits per heavy atom. The maximum Gasteiger partial charge on any atom is 0.174 e. The van der Waals surface area contributed by atoms with Crippen LogP contribution in [-0.2, 0) is 0 Å². The maximum absolute atomic E-state index is 9.52. The highest BCUT2D eigenvalue weighted by molar-refractivity contribution is 8.01. The Balaban J connectivity index is 1.95. The molecule has 1 aliphatic rings. The lowest BCUT2D eigenvalue weighted by molar-refractivity contribution is 0.188. The molecule has 1 N–H and O–H groups in total. The third-order valence-electron chi connectivity index (χ3n) is 2.01. The number of thioether (sulfide) groups is 1. The van der Waals surface area contributed by atoms with Crippen LogP contribution in [0, 0.1) is 0 Å². The molecule has 0 aromatic carbocycles. The van der Waals surface area contributed by atoms with Gasteiger partial charge >= 0.3 is 0 Å². The Morgan fingerprint density at radius 3 is 3.08 bits per heavy atom. The van der Waals surface area contributed by atoms with Crippen molar-refractivity contribution in [3.8, 4) is 0 Å². The molecule has 1 aromatic rings. The summed E-state index contributed by atoms with van der Waals surface area (Å²) in [5, 5.41) is 17.6. The maximum atomic E-state index is 9.52. The van der Waals surface area contributed by atoms with Crippen LogP contribution in [0.1, 0.15) is 19.3 Å². The van der Waals surface area contributed by atoms with Gasteiger partial charge in [0.05, 0.1) is 6.10 Å². The van der Waals surface area contributed by atoms with Gasteiger partial charge in [0.25, 0.3) is 0 Å². The Hall–Kier alpha value is -0.130. The van der Waals surface area contributed by atoms with Crippen LogP contribution in [0.4, 0.5) is 0 Å². The molecule has 0 amide bonds. The number of hydrogen-bond donors (Lipinski definition) is 1. The van der Waals surface area contributed by atoms with Gasteiger partial charge in [-0.15, -0.1) is 10.2 Å². The largest absolute Gasteiger partial charge is 0.392 e. The lowest BCUT2D eigenvalue weighted by atomic mass is 10.3. The van der Waals surface area contributed by atoms with Gasteiger partial charge in [-0.1, -0.05) is 23.1 Å². The zero-order chi connectivity index (χ0) is 8.39. The highest BCUT2D eigenvalue weighted by atomic mass is 32.2. The van der Waals surface area contributed by atoms with E-state index >= 15 is 0 Å². The van der Waals surface area contributed by atoms with Crippen LogP contribution in [0.2, 0.25) is 0 Å². The van der Waals surface area contributed by atoms with Gasteiger partial charge in [-0.25, -0.2) is 0 Å². The van der Waals surface area contributed by atoms with E-state index in [1.807, 2.05) is 0 Å². The molecule has 66 valence electrons. The smallest absolute Gasteiger partial charge is 0.174 e. The fourth-order valence-electron chi connectivity index (χ4n) is 1.39. The Bertz CT molecular complexity index is 240. The van der Waals surface area contributed by atoms with Crippen molar-refractivity contribution in [1.29, 1.82) is 0 Å². The predicted octanol–water partition coefficient (Wildman–Crippen LogP) is 1.54. The number of aliphatic hydroxyl groups is 1. The van der Waals surface area contributed by atoms with E-state index in [4.69, 9.17) is 0 Å². The number of nitrogens with zero attached hydrogens (tertiary/aromatic N) is 2. The molecule has 1 fully saturated rings. The van der Waals surface area contributed by atoms with Crippen molar-refractivity contribution < 1.29 is 5.11 Å². The summed E-state index contributed by atoms with van der Waals surface area (Å²) in [4.78, 5) is 0. The minimum Gasteiger partial charge on any atom is -0.392 e. The third kappa shape index (κ3) is 1.78. The Kier molecular flexibility index (Phi) is 2.63. The highest BCUT2D eigenvalue weighted by Crippen LogP contribution is 2.35. The summed E-state index contributed by atoms with van der Waals surface area (Å²) in [6.45, 7) is 0. The van der Waals surface area contributed by atoms with Gasteiger partial charge < -0.3 is 5.11 Å². The van der Waals surface area contributed by atoms with Crippen molar-refractivity contribution in [3.05, 3.63) is 5.51 Å². The van der Waals surface area contributed by atoms with Crippen molar-refractivity contribution in [1.82, 2.24) is 10.2 Å². The molecule has 12 heavy (non-hydrogen) atoms. The number of rotatable bonds is 2. The summed E-state index contributed by atoms with van der Waals surface area (Å²) < 4.78 is 0.973. The number of aliphatic hydroxyl groups excluding tert-OH is 1. The standard InChI is InChI=1S/C7H10N2OS2/c10-5-2-1-3-6(5)12-7-9-8-4-11-7/h4-6,10H,1-3H2/t5-,6-/m1/s1. The van der Waals surface area contributed by atoms with Gasteiger partial charge in [0.1, 0.15) is 5.51 Å². The topological polar surface area (TPSA) is 46.0 Å². The van der Waals surface area contributed by atoms with E-state index in [-0.39, 0.29) is 6.10 Å². The zero-order valence-corrected chi connectivity index (χ0v) is 8.14. The van der Waals surface area contributed by atoms with Crippen LogP contribution in [0.25, 0.3) is 0 Å². The van der Waals surface area contributed by atoms with Crippen LogP contribution in [0.3, 0.4) is 0 Å². The van der Waals surface area contributed by atoms with Crippen LogP contribution >= 0.6 is 23.1 Å². The lowest BCUT2D eigenvalue weighted by Gasteiger charge is -2.10. The molecule has 1 heterocycles. The lowest BCUT2D eigenvalue weighted by Crippen LogP contribution is -2.14. The third-order valence-corrected chi connectivity index (χ3v) is 4.21. The summed E-state index contributed by atoms with van der Waals surface area (Å²) in [5.74, 6) is 0. The van der Waals surface area contributed by atoms with E-state index in [2.05, 4.69) is 10.2 Å². The van der Waals surface area contributed by atoms with Crippen LogP contribution in [0.15, 0.2) is 9.85 Å². The fourth-order valence-corrected chi connectivity index (χ4v) is 3.32. The monoisotopic (exact) mass is 202 g/mol. The fraction of sp³-hybridized carbons (Fsp3) is 0.714. The molecule has 0 saturated heterocycles. The zero-order valence-electron chi connectivity index (χ0n) is 6.51. The van der Waals surface area contributed by atoms with Gasteiger partial charge in [0.15, 0.2) is 4.34 Å². The highest BCUT2D eigenvalue weighted by Gasteiger charge is 2.26. The average Bonchev–Trinajstić information content (AvgIpc) is 2.65. The van der Waals surface area contributed by atoms with Crippen molar-refractivity contribution >= 4 is 23.1 Å². The van der Waals surface area contributed by atoms with E-state index in [0.717, 1.165) is 23.6 Å². The van der Waals surface area contributed by atoms with Gasteiger partial charge in [0, 0.05) is 5.25 Å².